The number of ether oxygens (including phenoxy) is 1. The Kier molecular flexibility index (Phi) is 6.42. The molecule has 2 N–H and O–H groups in total. The summed E-state index contributed by atoms with van der Waals surface area (Å²) in [6.07, 6.45) is -0.910. The number of carbonyl (C=O) groups is 2. The second-order valence-electron chi connectivity index (χ2n) is 8.14. The van der Waals surface area contributed by atoms with Crippen molar-refractivity contribution >= 4 is 23.4 Å². The lowest BCUT2D eigenvalue weighted by molar-refractivity contribution is -0.145. The molecule has 1 heterocycles. The number of aromatic nitrogens is 2. The Morgan fingerprint density at radius 2 is 1.70 bits per heavy atom. The van der Waals surface area contributed by atoms with Crippen LogP contribution in [0.4, 0.5) is 17.6 Å². The fourth-order valence-corrected chi connectivity index (χ4v) is 4.30. The SMILES string of the molecule is O=C(COc1ccc(Cl)c(F)c1)NC1CC(NC(=O)c2cnc(C(F)(F)F)nc2)C2CC1C2. The van der Waals surface area contributed by atoms with Crippen LogP contribution in [0.25, 0.3) is 0 Å². The Morgan fingerprint density at radius 3 is 2.30 bits per heavy atom. The maximum Gasteiger partial charge on any atom is 0.451 e. The Labute approximate surface area is 190 Å². The summed E-state index contributed by atoms with van der Waals surface area (Å²) < 4.78 is 56.5. The van der Waals surface area contributed by atoms with Gasteiger partial charge in [0.2, 0.25) is 5.82 Å². The van der Waals surface area contributed by atoms with Gasteiger partial charge >= 0.3 is 6.18 Å². The van der Waals surface area contributed by atoms with Gasteiger partial charge in [0, 0.05) is 30.5 Å². The fourth-order valence-electron chi connectivity index (χ4n) is 4.19. The molecule has 0 aliphatic heterocycles. The first-order chi connectivity index (χ1) is 15.6. The van der Waals surface area contributed by atoms with Gasteiger partial charge in [0.25, 0.3) is 11.8 Å². The normalized spacial score (nSPS) is 23.9. The fraction of sp³-hybridized carbons (Fsp3) is 0.429. The number of halogens is 5. The van der Waals surface area contributed by atoms with E-state index < -0.39 is 23.7 Å². The molecule has 2 amide bonds. The van der Waals surface area contributed by atoms with Crippen molar-refractivity contribution in [2.75, 3.05) is 6.61 Å². The summed E-state index contributed by atoms with van der Waals surface area (Å²) in [7, 11) is 0. The molecule has 2 unspecified atom stereocenters. The molecule has 0 saturated heterocycles. The van der Waals surface area contributed by atoms with Gasteiger partial charge in [0.15, 0.2) is 6.61 Å². The highest BCUT2D eigenvalue weighted by Crippen LogP contribution is 2.45. The van der Waals surface area contributed by atoms with Crippen LogP contribution in [0.15, 0.2) is 30.6 Å². The molecule has 7 nitrogen and oxygen atoms in total. The number of fused-ring (bicyclic) bond motifs is 2. The number of hydrogen-bond donors (Lipinski definition) is 2. The molecule has 3 aliphatic rings. The van der Waals surface area contributed by atoms with E-state index in [9.17, 15) is 27.2 Å². The van der Waals surface area contributed by atoms with Gasteiger partial charge in [-0.15, -0.1) is 0 Å². The molecule has 0 spiro atoms. The predicted molar refractivity (Wildman–Crippen MR) is 108 cm³/mol. The van der Waals surface area contributed by atoms with Crippen LogP contribution in [-0.4, -0.2) is 40.5 Å². The van der Waals surface area contributed by atoms with E-state index in [-0.39, 0.29) is 52.8 Å². The number of nitrogens with zero attached hydrogens (tertiary/aromatic N) is 2. The first-order valence-corrected chi connectivity index (χ1v) is 10.5. The first kappa shape index (κ1) is 23.2. The number of rotatable bonds is 6. The topological polar surface area (TPSA) is 93.2 Å². The van der Waals surface area contributed by atoms with Crippen LogP contribution in [-0.2, 0) is 11.0 Å². The van der Waals surface area contributed by atoms with Gasteiger partial charge in [-0.05, 0) is 43.2 Å². The van der Waals surface area contributed by atoms with Crippen molar-refractivity contribution in [3.05, 3.63) is 52.8 Å². The van der Waals surface area contributed by atoms with Crippen molar-refractivity contribution < 1.29 is 31.9 Å². The second-order valence-corrected chi connectivity index (χ2v) is 8.55. The molecule has 2 atom stereocenters. The minimum atomic E-state index is -4.68. The summed E-state index contributed by atoms with van der Waals surface area (Å²) in [5, 5.41) is 5.65. The van der Waals surface area contributed by atoms with E-state index in [2.05, 4.69) is 20.6 Å². The van der Waals surface area contributed by atoms with E-state index in [1.165, 1.54) is 12.1 Å². The lowest BCUT2D eigenvalue weighted by Crippen LogP contribution is -2.60. The van der Waals surface area contributed by atoms with Gasteiger partial charge in [0.05, 0.1) is 10.6 Å². The lowest BCUT2D eigenvalue weighted by Gasteiger charge is -2.51. The third-order valence-electron chi connectivity index (χ3n) is 5.95. The number of carbonyl (C=O) groups excluding carboxylic acids is 2. The average molecular weight is 487 g/mol. The van der Waals surface area contributed by atoms with Crippen molar-refractivity contribution in [1.29, 1.82) is 0 Å². The van der Waals surface area contributed by atoms with Crippen LogP contribution in [0.1, 0.15) is 35.4 Å². The van der Waals surface area contributed by atoms with Crippen LogP contribution in [0, 0.1) is 17.7 Å². The number of hydrogen-bond acceptors (Lipinski definition) is 5. The largest absolute Gasteiger partial charge is 0.484 e. The van der Waals surface area contributed by atoms with Crippen molar-refractivity contribution in [1.82, 2.24) is 20.6 Å². The lowest BCUT2D eigenvalue weighted by atomic mass is 9.60. The quantitative estimate of drug-likeness (QED) is 0.611. The molecule has 176 valence electrons. The Hall–Kier alpha value is -2.95. The maximum atomic E-state index is 13.5. The molecule has 3 fully saturated rings. The third-order valence-corrected chi connectivity index (χ3v) is 6.25. The molecule has 1 aromatic heterocycles. The molecular formula is C21H19ClF4N4O3. The minimum Gasteiger partial charge on any atom is -0.484 e. The summed E-state index contributed by atoms with van der Waals surface area (Å²) >= 11 is 5.61. The summed E-state index contributed by atoms with van der Waals surface area (Å²) in [4.78, 5) is 31.2. The Balaban J connectivity index is 1.30. The third kappa shape index (κ3) is 5.35. The van der Waals surface area contributed by atoms with Crippen LogP contribution in [0.2, 0.25) is 5.02 Å². The standard InChI is InChI=1S/C21H19ClF4N4O3/c22-14-2-1-13(5-15(14)23)33-9-18(31)29-16-6-17(11-3-10(16)4-11)30-19(32)12-7-27-20(28-8-12)21(24,25)26/h1-2,5,7-8,10-11,16-17H,3-4,6,9H2,(H,29,31)(H,30,32). The zero-order valence-electron chi connectivity index (χ0n) is 17.0. The number of alkyl halides is 3. The molecule has 3 saturated carbocycles. The number of amides is 2. The van der Waals surface area contributed by atoms with E-state index in [4.69, 9.17) is 16.3 Å². The highest BCUT2D eigenvalue weighted by Gasteiger charge is 2.47. The van der Waals surface area contributed by atoms with E-state index in [1.54, 1.807) is 0 Å². The van der Waals surface area contributed by atoms with Gasteiger partial charge in [-0.25, -0.2) is 14.4 Å². The molecular weight excluding hydrogens is 468 g/mol. The molecule has 0 radical (unpaired) electrons. The molecule has 12 heteroatoms. The van der Waals surface area contributed by atoms with Crippen molar-refractivity contribution in [3.63, 3.8) is 0 Å². The minimum absolute atomic E-state index is 0.0514. The molecule has 3 aliphatic carbocycles. The van der Waals surface area contributed by atoms with Crippen molar-refractivity contribution in [2.45, 2.75) is 37.5 Å². The maximum absolute atomic E-state index is 13.5. The zero-order chi connectivity index (χ0) is 23.8. The van der Waals surface area contributed by atoms with Gasteiger partial charge in [-0.3, -0.25) is 9.59 Å². The summed E-state index contributed by atoms with van der Waals surface area (Å²) in [5.74, 6) is -2.25. The number of nitrogens with one attached hydrogen (secondary N) is 2. The van der Waals surface area contributed by atoms with E-state index >= 15 is 0 Å². The van der Waals surface area contributed by atoms with Gasteiger partial charge < -0.3 is 15.4 Å². The Morgan fingerprint density at radius 1 is 1.06 bits per heavy atom. The highest BCUT2D eigenvalue weighted by molar-refractivity contribution is 6.30. The first-order valence-electron chi connectivity index (χ1n) is 10.2. The zero-order valence-corrected chi connectivity index (χ0v) is 17.8. The van der Waals surface area contributed by atoms with E-state index in [0.29, 0.717) is 6.42 Å². The van der Waals surface area contributed by atoms with E-state index in [1.807, 2.05) is 0 Å². The van der Waals surface area contributed by atoms with Gasteiger partial charge in [0.1, 0.15) is 11.6 Å². The smallest absolute Gasteiger partial charge is 0.451 e. The Bertz CT molecular complexity index is 1040. The molecule has 5 rings (SSSR count). The second kappa shape index (κ2) is 9.12. The van der Waals surface area contributed by atoms with Crippen LogP contribution in [0.5, 0.6) is 5.75 Å². The van der Waals surface area contributed by atoms with Crippen LogP contribution < -0.4 is 15.4 Å². The summed E-state index contributed by atoms with van der Waals surface area (Å²) in [5.41, 5.74) is -0.0753. The predicted octanol–water partition coefficient (Wildman–Crippen LogP) is 3.38. The van der Waals surface area contributed by atoms with Gasteiger partial charge in [-0.1, -0.05) is 11.6 Å². The van der Waals surface area contributed by atoms with Crippen LogP contribution in [0.3, 0.4) is 0 Å². The average Bonchev–Trinajstić information content (AvgIpc) is 2.73. The highest BCUT2D eigenvalue weighted by atomic mass is 35.5. The summed E-state index contributed by atoms with van der Waals surface area (Å²) in [6.45, 7) is -0.312. The molecule has 2 bridgehead atoms. The van der Waals surface area contributed by atoms with Gasteiger partial charge in [-0.2, -0.15) is 13.2 Å². The van der Waals surface area contributed by atoms with Crippen LogP contribution >= 0.6 is 11.6 Å². The molecule has 1 aromatic carbocycles. The van der Waals surface area contributed by atoms with E-state index in [0.717, 1.165) is 31.3 Å². The number of benzene rings is 1. The summed E-state index contributed by atoms with van der Waals surface area (Å²) in [6, 6.07) is 3.42. The molecule has 2 aromatic rings. The molecule has 33 heavy (non-hydrogen) atoms. The van der Waals surface area contributed by atoms with Crippen molar-refractivity contribution in [2.24, 2.45) is 11.8 Å². The van der Waals surface area contributed by atoms with Crippen molar-refractivity contribution in [3.8, 4) is 5.75 Å². The monoisotopic (exact) mass is 486 g/mol.